The molecular weight excluding hydrogens is 360 g/mol. The van der Waals surface area contributed by atoms with Crippen molar-refractivity contribution in [1.29, 1.82) is 0 Å². The molecular formula is C17H14BrN2O3+. The smallest absolute Gasteiger partial charge is 0.345 e. The number of fused-ring (bicyclic) bond motifs is 1. The number of rotatable bonds is 3. The largest absolute Gasteiger partial charge is 0.462 e. The first-order chi connectivity index (χ1) is 11.1. The minimum Gasteiger partial charge on any atom is -0.462 e. The summed E-state index contributed by atoms with van der Waals surface area (Å²) in [5.74, 6) is -0.617. The Kier molecular flexibility index (Phi) is 4.25. The summed E-state index contributed by atoms with van der Waals surface area (Å²) >= 11 is 3.44. The molecule has 0 saturated heterocycles. The van der Waals surface area contributed by atoms with Gasteiger partial charge in [0.25, 0.3) is 5.65 Å². The molecule has 5 nitrogen and oxygen atoms in total. The van der Waals surface area contributed by atoms with Gasteiger partial charge in [-0.25, -0.2) is 9.78 Å². The molecule has 0 aliphatic rings. The molecule has 0 aliphatic carbocycles. The van der Waals surface area contributed by atoms with Crippen LogP contribution in [0.15, 0.2) is 58.1 Å². The molecule has 3 aromatic rings. The molecule has 0 aliphatic heterocycles. The van der Waals surface area contributed by atoms with Gasteiger partial charge in [0.2, 0.25) is 5.43 Å². The number of nitrogens with one attached hydrogen (secondary N) is 1. The zero-order valence-corrected chi connectivity index (χ0v) is 14.0. The third-order valence-corrected chi connectivity index (χ3v) is 3.91. The van der Waals surface area contributed by atoms with Crippen molar-refractivity contribution in [1.82, 2.24) is 4.98 Å². The van der Waals surface area contributed by atoms with Gasteiger partial charge in [-0.05, 0) is 37.3 Å². The van der Waals surface area contributed by atoms with Crippen molar-refractivity contribution >= 4 is 32.9 Å². The van der Waals surface area contributed by atoms with E-state index in [-0.39, 0.29) is 17.6 Å². The third kappa shape index (κ3) is 2.90. The molecule has 0 spiro atoms. The predicted octanol–water partition coefficient (Wildman–Crippen LogP) is 2.74. The number of halogens is 1. The van der Waals surface area contributed by atoms with E-state index in [9.17, 15) is 9.59 Å². The number of carbonyl (C=O) groups is 1. The van der Waals surface area contributed by atoms with Crippen LogP contribution in [0, 0.1) is 0 Å². The Labute approximate surface area is 140 Å². The number of aromatic amines is 1. The maximum Gasteiger partial charge on any atom is 0.345 e. The summed E-state index contributed by atoms with van der Waals surface area (Å²) in [6.07, 6.45) is 3.25. The van der Waals surface area contributed by atoms with E-state index in [1.165, 1.54) is 6.20 Å². The van der Waals surface area contributed by atoms with Crippen molar-refractivity contribution < 1.29 is 14.1 Å². The van der Waals surface area contributed by atoms with Crippen LogP contribution in [-0.2, 0) is 4.74 Å². The molecule has 6 heteroatoms. The second-order valence-electron chi connectivity index (χ2n) is 4.87. The first-order valence-electron chi connectivity index (χ1n) is 7.11. The van der Waals surface area contributed by atoms with Crippen molar-refractivity contribution in [2.24, 2.45) is 0 Å². The highest BCUT2D eigenvalue weighted by atomic mass is 79.9. The molecule has 1 N–H and O–H groups in total. The molecule has 0 amide bonds. The van der Waals surface area contributed by atoms with E-state index >= 15 is 0 Å². The number of hydrogen-bond donors (Lipinski definition) is 1. The van der Waals surface area contributed by atoms with Gasteiger partial charge in [-0.2, -0.15) is 4.57 Å². The molecule has 1 aromatic carbocycles. The monoisotopic (exact) mass is 373 g/mol. The van der Waals surface area contributed by atoms with E-state index in [4.69, 9.17) is 4.74 Å². The van der Waals surface area contributed by atoms with Crippen LogP contribution in [0.3, 0.4) is 0 Å². The SMILES string of the molecule is CCOC(=O)c1c[nH]c2c(ccc[n+]2-c2cccc(Br)c2)c1=O. The van der Waals surface area contributed by atoms with Crippen molar-refractivity contribution in [2.75, 3.05) is 6.61 Å². The molecule has 0 fully saturated rings. The lowest BCUT2D eigenvalue weighted by Gasteiger charge is -2.05. The molecule has 2 heterocycles. The fraction of sp³-hybridized carbons (Fsp3) is 0.118. The molecule has 0 atom stereocenters. The van der Waals surface area contributed by atoms with Crippen LogP contribution in [0.1, 0.15) is 17.3 Å². The van der Waals surface area contributed by atoms with Gasteiger partial charge in [0.05, 0.1) is 12.8 Å². The third-order valence-electron chi connectivity index (χ3n) is 3.42. The van der Waals surface area contributed by atoms with E-state index < -0.39 is 5.97 Å². The summed E-state index contributed by atoms with van der Waals surface area (Å²) in [4.78, 5) is 27.4. The Bertz CT molecular complexity index is 950. The van der Waals surface area contributed by atoms with Crippen LogP contribution in [0.5, 0.6) is 0 Å². The first kappa shape index (κ1) is 15.4. The molecule has 3 rings (SSSR count). The van der Waals surface area contributed by atoms with E-state index in [1.54, 1.807) is 19.1 Å². The van der Waals surface area contributed by atoms with Crippen molar-refractivity contribution in [3.05, 3.63) is 69.1 Å². The van der Waals surface area contributed by atoms with Crippen molar-refractivity contribution in [2.45, 2.75) is 6.92 Å². The normalized spacial score (nSPS) is 10.7. The molecule has 0 saturated carbocycles. The maximum atomic E-state index is 12.6. The zero-order valence-electron chi connectivity index (χ0n) is 12.4. The number of ether oxygens (including phenoxy) is 1. The van der Waals surface area contributed by atoms with Gasteiger partial charge in [0, 0.05) is 4.47 Å². The zero-order chi connectivity index (χ0) is 16.4. The van der Waals surface area contributed by atoms with Crippen LogP contribution in [0.2, 0.25) is 0 Å². The van der Waals surface area contributed by atoms with Crippen LogP contribution >= 0.6 is 15.9 Å². The predicted molar refractivity (Wildman–Crippen MR) is 89.8 cm³/mol. The number of nitrogens with zero attached hydrogens (tertiary/aromatic N) is 1. The molecule has 0 unspecified atom stereocenters. The molecule has 0 radical (unpaired) electrons. The minimum atomic E-state index is -0.617. The maximum absolute atomic E-state index is 12.6. The summed E-state index contributed by atoms with van der Waals surface area (Å²) < 4.78 is 7.71. The second-order valence-corrected chi connectivity index (χ2v) is 5.79. The molecule has 2 aromatic heterocycles. The number of carbonyl (C=O) groups excluding carboxylic acids is 1. The average Bonchev–Trinajstić information content (AvgIpc) is 2.55. The summed E-state index contributed by atoms with van der Waals surface area (Å²) in [6, 6.07) is 11.2. The standard InChI is InChI=1S/C17H13BrN2O3/c1-2-23-17(22)14-10-19-16-13(15(14)21)7-4-8-20(16)12-6-3-5-11(18)9-12/h3-10H,2H2,1H3/p+1. The summed E-state index contributed by atoms with van der Waals surface area (Å²) in [7, 11) is 0. The quantitative estimate of drug-likeness (QED) is 0.567. The Hall–Kier alpha value is -2.47. The van der Waals surface area contributed by atoms with E-state index in [0.29, 0.717) is 11.0 Å². The van der Waals surface area contributed by atoms with Gasteiger partial charge < -0.3 is 4.74 Å². The summed E-state index contributed by atoms with van der Waals surface area (Å²) in [5.41, 5.74) is 1.17. The molecule has 116 valence electrons. The second kappa shape index (κ2) is 6.34. The summed E-state index contributed by atoms with van der Waals surface area (Å²) in [5, 5.41) is 0.429. The number of pyridine rings is 2. The number of esters is 1. The van der Waals surface area contributed by atoms with Crippen LogP contribution in [0.4, 0.5) is 0 Å². The number of H-pyrrole nitrogens is 1. The Morgan fingerprint density at radius 1 is 1.30 bits per heavy atom. The highest BCUT2D eigenvalue weighted by molar-refractivity contribution is 9.10. The molecule has 0 bridgehead atoms. The van der Waals surface area contributed by atoms with E-state index in [2.05, 4.69) is 20.9 Å². The lowest BCUT2D eigenvalue weighted by Crippen LogP contribution is -2.34. The van der Waals surface area contributed by atoms with Crippen LogP contribution in [-0.4, -0.2) is 17.6 Å². The van der Waals surface area contributed by atoms with Crippen LogP contribution in [0.25, 0.3) is 16.7 Å². The summed E-state index contributed by atoms with van der Waals surface area (Å²) in [6.45, 7) is 1.93. The average molecular weight is 374 g/mol. The lowest BCUT2D eigenvalue weighted by atomic mass is 10.2. The van der Waals surface area contributed by atoms with Gasteiger partial charge >= 0.3 is 5.97 Å². The van der Waals surface area contributed by atoms with Crippen molar-refractivity contribution in [3.8, 4) is 5.69 Å². The van der Waals surface area contributed by atoms with Gasteiger partial charge in [0.15, 0.2) is 0 Å². The fourth-order valence-corrected chi connectivity index (χ4v) is 2.78. The number of aromatic nitrogens is 2. The Morgan fingerprint density at radius 3 is 2.87 bits per heavy atom. The van der Waals surface area contributed by atoms with Crippen LogP contribution < -0.4 is 10.00 Å². The Morgan fingerprint density at radius 2 is 2.13 bits per heavy atom. The topological polar surface area (TPSA) is 63.0 Å². The number of hydrogen-bond acceptors (Lipinski definition) is 3. The minimum absolute atomic E-state index is 0.00587. The van der Waals surface area contributed by atoms with Crippen molar-refractivity contribution in [3.63, 3.8) is 0 Å². The fourth-order valence-electron chi connectivity index (χ4n) is 2.39. The van der Waals surface area contributed by atoms with Gasteiger partial charge in [-0.15, -0.1) is 0 Å². The van der Waals surface area contributed by atoms with Gasteiger partial charge in [-0.1, -0.05) is 22.0 Å². The van der Waals surface area contributed by atoms with Gasteiger partial charge in [-0.3, -0.25) is 4.79 Å². The highest BCUT2D eigenvalue weighted by Gasteiger charge is 2.19. The van der Waals surface area contributed by atoms with Gasteiger partial charge in [0.1, 0.15) is 22.8 Å². The Balaban J connectivity index is 2.22. The van der Waals surface area contributed by atoms with E-state index in [1.807, 2.05) is 35.0 Å². The highest BCUT2D eigenvalue weighted by Crippen LogP contribution is 2.13. The molecule has 23 heavy (non-hydrogen) atoms. The number of benzene rings is 1. The first-order valence-corrected chi connectivity index (χ1v) is 7.90. The van der Waals surface area contributed by atoms with E-state index in [0.717, 1.165) is 10.2 Å². The lowest BCUT2D eigenvalue weighted by molar-refractivity contribution is -0.569.